The molecule has 0 radical (unpaired) electrons. The van der Waals surface area contributed by atoms with E-state index in [0.717, 1.165) is 41.4 Å². The van der Waals surface area contributed by atoms with Crippen LogP contribution in [0.3, 0.4) is 0 Å². The minimum Gasteiger partial charge on any atom is -0.236 e. The molecule has 6 nitrogen and oxygen atoms in total. The van der Waals surface area contributed by atoms with Crippen LogP contribution in [-0.2, 0) is 6.18 Å². The number of hydrogen-bond acceptors (Lipinski definition) is 5. The smallest absolute Gasteiger partial charge is 0.236 e. The predicted octanol–water partition coefficient (Wildman–Crippen LogP) is 4.45. The van der Waals surface area contributed by atoms with Crippen LogP contribution in [0, 0.1) is 0 Å². The minimum absolute atomic E-state index is 0.134. The molecule has 1 aliphatic carbocycles. The number of pyridine rings is 1. The molecule has 0 spiro atoms. The van der Waals surface area contributed by atoms with Gasteiger partial charge in [-0.3, -0.25) is 0 Å². The minimum atomic E-state index is -4.43. The number of hydrogen-bond donors (Lipinski definition) is 0. The Balaban J connectivity index is 1.71. The highest BCUT2D eigenvalue weighted by molar-refractivity contribution is 7.99. The molecule has 4 aromatic heterocycles. The average molecular weight is 404 g/mol. The van der Waals surface area contributed by atoms with E-state index in [1.165, 1.54) is 22.5 Å². The largest absolute Gasteiger partial charge is 0.416 e. The first-order valence-electron chi connectivity index (χ1n) is 8.90. The Hall–Kier alpha value is -2.62. The quantitative estimate of drug-likeness (QED) is 0.471. The first kappa shape index (κ1) is 17.5. The number of aromatic nitrogens is 6. The molecule has 0 bridgehead atoms. The third-order valence-corrected chi connectivity index (χ3v) is 5.53. The lowest BCUT2D eigenvalue weighted by Gasteiger charge is -2.05. The Kier molecular flexibility index (Phi) is 3.87. The number of fused-ring (bicyclic) bond motifs is 2. The summed E-state index contributed by atoms with van der Waals surface area (Å²) in [4.78, 5) is 8.83. The van der Waals surface area contributed by atoms with Crippen molar-refractivity contribution in [3.05, 3.63) is 41.9 Å². The lowest BCUT2D eigenvalue weighted by atomic mass is 10.2. The molecule has 28 heavy (non-hydrogen) atoms. The fourth-order valence-electron chi connectivity index (χ4n) is 3.23. The van der Waals surface area contributed by atoms with E-state index < -0.39 is 11.7 Å². The third-order valence-electron chi connectivity index (χ3n) is 4.68. The summed E-state index contributed by atoms with van der Waals surface area (Å²) in [6, 6.07) is 3.96. The predicted molar refractivity (Wildman–Crippen MR) is 98.3 cm³/mol. The van der Waals surface area contributed by atoms with Crippen molar-refractivity contribution >= 4 is 23.1 Å². The van der Waals surface area contributed by atoms with Crippen molar-refractivity contribution in [3.63, 3.8) is 0 Å². The summed E-state index contributed by atoms with van der Waals surface area (Å²) in [5.74, 6) is 1.59. The molecule has 0 aliphatic heterocycles. The van der Waals surface area contributed by atoms with Crippen molar-refractivity contribution in [3.8, 4) is 11.4 Å². The van der Waals surface area contributed by atoms with Gasteiger partial charge in [0.1, 0.15) is 5.03 Å². The van der Waals surface area contributed by atoms with Crippen molar-refractivity contribution in [2.24, 2.45) is 0 Å². The van der Waals surface area contributed by atoms with Gasteiger partial charge in [0.15, 0.2) is 17.1 Å². The summed E-state index contributed by atoms with van der Waals surface area (Å²) >= 11 is 1.54. The first-order valence-corrected chi connectivity index (χ1v) is 9.88. The van der Waals surface area contributed by atoms with E-state index in [-0.39, 0.29) is 5.65 Å². The Labute approximate surface area is 161 Å². The zero-order valence-corrected chi connectivity index (χ0v) is 15.6. The van der Waals surface area contributed by atoms with E-state index in [4.69, 9.17) is 5.10 Å². The summed E-state index contributed by atoms with van der Waals surface area (Å²) < 4.78 is 42.2. The molecule has 0 aromatic carbocycles. The third kappa shape index (κ3) is 2.83. The molecule has 5 rings (SSSR count). The fraction of sp³-hybridized carbons (Fsp3) is 0.333. The van der Waals surface area contributed by atoms with Gasteiger partial charge in [-0.1, -0.05) is 6.92 Å². The van der Waals surface area contributed by atoms with E-state index in [0.29, 0.717) is 23.0 Å². The molecule has 1 saturated carbocycles. The summed E-state index contributed by atoms with van der Waals surface area (Å²) in [5, 5.41) is 9.84. The molecule has 0 unspecified atom stereocenters. The maximum absolute atomic E-state index is 13.0. The Morgan fingerprint density at radius 1 is 1.21 bits per heavy atom. The summed E-state index contributed by atoms with van der Waals surface area (Å²) in [5.41, 5.74) is 1.77. The van der Waals surface area contributed by atoms with Gasteiger partial charge in [-0.25, -0.2) is 19.0 Å². The Morgan fingerprint density at radius 2 is 2.04 bits per heavy atom. The van der Waals surface area contributed by atoms with E-state index in [2.05, 4.69) is 15.1 Å². The van der Waals surface area contributed by atoms with Crippen molar-refractivity contribution in [1.82, 2.24) is 29.2 Å². The van der Waals surface area contributed by atoms with Crippen molar-refractivity contribution < 1.29 is 13.2 Å². The SMILES string of the molecule is CCSc1nn2c(C3CC3)ccnc2c1-c1nc2cc(C(F)(F)F)ccn2n1. The number of alkyl halides is 3. The van der Waals surface area contributed by atoms with Crippen LogP contribution < -0.4 is 0 Å². The number of thioether (sulfide) groups is 1. The Morgan fingerprint density at radius 3 is 2.75 bits per heavy atom. The lowest BCUT2D eigenvalue weighted by Crippen LogP contribution is -2.05. The van der Waals surface area contributed by atoms with Crippen molar-refractivity contribution in [1.29, 1.82) is 0 Å². The molecular formula is C18H15F3N6S. The monoisotopic (exact) mass is 404 g/mol. The standard InChI is InChI=1S/C18H15F3N6S/c1-2-28-17-14(16-22-7-5-12(10-3-4-10)27(16)25-17)15-23-13-9-11(18(19,20)21)6-8-26(13)24-15/h5-10H,2-4H2,1H3. The van der Waals surface area contributed by atoms with Gasteiger partial charge in [0.25, 0.3) is 0 Å². The molecule has 0 amide bonds. The van der Waals surface area contributed by atoms with Crippen LogP contribution >= 0.6 is 11.8 Å². The second-order valence-electron chi connectivity index (χ2n) is 6.64. The maximum atomic E-state index is 13.0. The maximum Gasteiger partial charge on any atom is 0.416 e. The van der Waals surface area contributed by atoms with Crippen LogP contribution in [0.1, 0.15) is 36.9 Å². The van der Waals surface area contributed by atoms with E-state index in [9.17, 15) is 13.2 Å². The highest BCUT2D eigenvalue weighted by Crippen LogP contribution is 2.41. The molecule has 1 fully saturated rings. The molecule has 10 heteroatoms. The highest BCUT2D eigenvalue weighted by Gasteiger charge is 2.32. The molecule has 144 valence electrons. The van der Waals surface area contributed by atoms with Gasteiger partial charge in [0, 0.05) is 24.0 Å². The molecule has 4 aromatic rings. The van der Waals surface area contributed by atoms with Crippen LogP contribution in [-0.4, -0.2) is 34.9 Å². The van der Waals surface area contributed by atoms with Gasteiger partial charge in [-0.15, -0.1) is 16.9 Å². The topological polar surface area (TPSA) is 60.4 Å². The van der Waals surface area contributed by atoms with E-state index in [1.807, 2.05) is 17.5 Å². The highest BCUT2D eigenvalue weighted by atomic mass is 32.2. The van der Waals surface area contributed by atoms with Crippen molar-refractivity contribution in [2.75, 3.05) is 5.75 Å². The normalized spacial score (nSPS) is 15.0. The van der Waals surface area contributed by atoms with Crippen molar-refractivity contribution in [2.45, 2.75) is 36.9 Å². The van der Waals surface area contributed by atoms with E-state index in [1.54, 1.807) is 6.20 Å². The molecule has 4 heterocycles. The van der Waals surface area contributed by atoms with Gasteiger partial charge >= 0.3 is 6.18 Å². The Bertz CT molecular complexity index is 1190. The van der Waals surface area contributed by atoms with Gasteiger partial charge in [-0.05, 0) is 36.8 Å². The number of halogens is 3. The summed E-state index contributed by atoms with van der Waals surface area (Å²) in [6.45, 7) is 2.01. The zero-order chi connectivity index (χ0) is 19.5. The summed E-state index contributed by atoms with van der Waals surface area (Å²) in [7, 11) is 0. The van der Waals surface area contributed by atoms with Crippen LogP contribution in [0.15, 0.2) is 35.6 Å². The van der Waals surface area contributed by atoms with Crippen LogP contribution in [0.25, 0.3) is 22.7 Å². The number of nitrogens with zero attached hydrogens (tertiary/aromatic N) is 6. The molecule has 0 atom stereocenters. The van der Waals surface area contributed by atoms with Gasteiger partial charge < -0.3 is 0 Å². The van der Waals surface area contributed by atoms with Crippen LogP contribution in [0.4, 0.5) is 13.2 Å². The van der Waals surface area contributed by atoms with Crippen LogP contribution in [0.2, 0.25) is 0 Å². The molecule has 0 saturated heterocycles. The van der Waals surface area contributed by atoms with Crippen LogP contribution in [0.5, 0.6) is 0 Å². The molecule has 1 aliphatic rings. The summed E-state index contributed by atoms with van der Waals surface area (Å²) in [6.07, 6.45) is 0.833. The number of rotatable bonds is 4. The second-order valence-corrected chi connectivity index (χ2v) is 7.90. The zero-order valence-electron chi connectivity index (χ0n) is 14.8. The van der Waals surface area contributed by atoms with Gasteiger partial charge in [-0.2, -0.15) is 18.3 Å². The molecule has 0 N–H and O–H groups in total. The lowest BCUT2D eigenvalue weighted by molar-refractivity contribution is -0.137. The average Bonchev–Trinajstić information content (AvgIpc) is 3.30. The van der Waals surface area contributed by atoms with E-state index >= 15 is 0 Å². The fourth-order valence-corrected chi connectivity index (χ4v) is 3.97. The first-order chi connectivity index (χ1) is 13.5. The van der Waals surface area contributed by atoms with Gasteiger partial charge in [0.2, 0.25) is 0 Å². The second kappa shape index (κ2) is 6.20. The van der Waals surface area contributed by atoms with Gasteiger partial charge in [0.05, 0.1) is 11.1 Å². The molecular weight excluding hydrogens is 389 g/mol.